The van der Waals surface area contributed by atoms with Gasteiger partial charge in [0.25, 0.3) is 0 Å². The minimum Gasteiger partial charge on any atom is -1.00 e. The highest BCUT2D eigenvalue weighted by molar-refractivity contribution is 6.42. The van der Waals surface area contributed by atoms with Gasteiger partial charge in [0.15, 0.2) is 0 Å². The van der Waals surface area contributed by atoms with Gasteiger partial charge in [0.05, 0.1) is 16.6 Å². The minimum atomic E-state index is 0. The van der Waals surface area contributed by atoms with E-state index in [1.54, 1.807) is 0 Å². The first-order chi connectivity index (χ1) is 8.70. The van der Waals surface area contributed by atoms with Gasteiger partial charge in [-0.25, -0.2) is 0 Å². The van der Waals surface area contributed by atoms with Crippen LogP contribution >= 0.6 is 23.2 Å². The van der Waals surface area contributed by atoms with Gasteiger partial charge in [-0.3, -0.25) is 0 Å². The molecule has 4 rings (SSSR count). The lowest BCUT2D eigenvalue weighted by Gasteiger charge is -2.48. The van der Waals surface area contributed by atoms with Crippen molar-refractivity contribution in [1.29, 1.82) is 0 Å². The maximum absolute atomic E-state index is 6.18. The molecule has 4 heteroatoms. The molecule has 1 aromatic carbocycles. The molecule has 2 bridgehead atoms. The van der Waals surface area contributed by atoms with E-state index < -0.39 is 0 Å². The van der Waals surface area contributed by atoms with Crippen LogP contribution in [0.2, 0.25) is 10.0 Å². The van der Waals surface area contributed by atoms with Gasteiger partial charge in [-0.15, -0.1) is 0 Å². The SMILES string of the molecule is [Cl-].[NH3+]C[C@H]1C2CCC(CC2)[C@@H]1c1ccc(Cl)c(Cl)c1. The quantitative estimate of drug-likeness (QED) is 0.833. The summed E-state index contributed by atoms with van der Waals surface area (Å²) in [5, 5.41) is 1.35. The third-order valence-electron chi connectivity index (χ3n) is 5.05. The van der Waals surface area contributed by atoms with Crippen LogP contribution in [-0.2, 0) is 0 Å². The average Bonchev–Trinajstić information content (AvgIpc) is 2.42. The van der Waals surface area contributed by atoms with E-state index in [-0.39, 0.29) is 12.4 Å². The molecule has 19 heavy (non-hydrogen) atoms. The van der Waals surface area contributed by atoms with Crippen LogP contribution in [0.4, 0.5) is 0 Å². The molecule has 3 N–H and O–H groups in total. The van der Waals surface area contributed by atoms with E-state index in [0.717, 1.165) is 24.3 Å². The van der Waals surface area contributed by atoms with Crippen molar-refractivity contribution in [3.05, 3.63) is 33.8 Å². The maximum atomic E-state index is 6.18. The van der Waals surface area contributed by atoms with Crippen molar-refractivity contribution in [3.8, 4) is 0 Å². The molecule has 3 aliphatic rings. The Hall–Kier alpha value is 0.0500. The van der Waals surface area contributed by atoms with Crippen LogP contribution in [0.1, 0.15) is 37.2 Å². The third-order valence-corrected chi connectivity index (χ3v) is 5.79. The van der Waals surface area contributed by atoms with Gasteiger partial charge in [0.1, 0.15) is 0 Å². The number of benzene rings is 1. The summed E-state index contributed by atoms with van der Waals surface area (Å²) in [5.74, 6) is 3.12. The average molecular weight is 321 g/mol. The summed E-state index contributed by atoms with van der Waals surface area (Å²) >= 11 is 12.2. The Morgan fingerprint density at radius 3 is 2.21 bits per heavy atom. The number of halogens is 3. The Balaban J connectivity index is 0.00000133. The van der Waals surface area contributed by atoms with Gasteiger partial charge in [-0.1, -0.05) is 29.3 Å². The molecule has 2 atom stereocenters. The van der Waals surface area contributed by atoms with Crippen molar-refractivity contribution >= 4 is 23.2 Å². The Morgan fingerprint density at radius 2 is 1.63 bits per heavy atom. The van der Waals surface area contributed by atoms with Crippen LogP contribution in [0.25, 0.3) is 0 Å². The van der Waals surface area contributed by atoms with Crippen molar-refractivity contribution in [3.63, 3.8) is 0 Å². The smallest absolute Gasteiger partial charge is 0.0777 e. The maximum Gasteiger partial charge on any atom is 0.0777 e. The molecular formula is C15H20Cl3N. The highest BCUT2D eigenvalue weighted by Gasteiger charge is 2.44. The highest BCUT2D eigenvalue weighted by Crippen LogP contribution is 2.53. The van der Waals surface area contributed by atoms with Crippen molar-refractivity contribution in [2.45, 2.75) is 31.6 Å². The molecular weight excluding hydrogens is 301 g/mol. The Labute approximate surface area is 131 Å². The van der Waals surface area contributed by atoms with Gasteiger partial charge in [-0.05, 0) is 61.1 Å². The summed E-state index contributed by atoms with van der Waals surface area (Å²) in [5.41, 5.74) is 5.57. The number of fused-ring (bicyclic) bond motifs is 3. The second kappa shape index (κ2) is 6.22. The van der Waals surface area contributed by atoms with Crippen molar-refractivity contribution in [1.82, 2.24) is 0 Å². The molecule has 0 spiro atoms. The van der Waals surface area contributed by atoms with Gasteiger partial charge < -0.3 is 18.1 Å². The molecule has 3 aliphatic carbocycles. The molecule has 3 fully saturated rings. The predicted molar refractivity (Wildman–Crippen MR) is 75.9 cm³/mol. The number of quaternary nitrogens is 1. The van der Waals surface area contributed by atoms with Crippen molar-refractivity contribution < 1.29 is 18.1 Å². The molecule has 0 aliphatic heterocycles. The molecule has 0 heterocycles. The third kappa shape index (κ3) is 2.76. The van der Waals surface area contributed by atoms with E-state index in [9.17, 15) is 0 Å². The van der Waals surface area contributed by atoms with E-state index in [4.69, 9.17) is 23.2 Å². The molecule has 1 aromatic rings. The van der Waals surface area contributed by atoms with Gasteiger partial charge in [0, 0.05) is 5.92 Å². The van der Waals surface area contributed by atoms with Crippen LogP contribution < -0.4 is 18.1 Å². The second-order valence-electron chi connectivity index (χ2n) is 5.83. The predicted octanol–water partition coefficient (Wildman–Crippen LogP) is 0.759. The highest BCUT2D eigenvalue weighted by atomic mass is 35.5. The first-order valence-corrected chi connectivity index (χ1v) is 7.70. The summed E-state index contributed by atoms with van der Waals surface area (Å²) in [6.45, 7) is 1.05. The monoisotopic (exact) mass is 319 g/mol. The van der Waals surface area contributed by atoms with Crippen LogP contribution in [-0.4, -0.2) is 6.54 Å². The number of hydrogen-bond donors (Lipinski definition) is 1. The Kier molecular flexibility index (Phi) is 5.05. The zero-order chi connectivity index (χ0) is 12.7. The summed E-state index contributed by atoms with van der Waals surface area (Å²) in [4.78, 5) is 0. The lowest BCUT2D eigenvalue weighted by Crippen LogP contribution is -3.00. The van der Waals surface area contributed by atoms with Crippen molar-refractivity contribution in [2.24, 2.45) is 17.8 Å². The van der Waals surface area contributed by atoms with Gasteiger partial charge in [-0.2, -0.15) is 0 Å². The van der Waals surface area contributed by atoms with E-state index in [2.05, 4.69) is 17.9 Å². The molecule has 0 aromatic heterocycles. The van der Waals surface area contributed by atoms with Gasteiger partial charge >= 0.3 is 0 Å². The largest absolute Gasteiger partial charge is 1.00 e. The van der Waals surface area contributed by atoms with Crippen LogP contribution in [0.15, 0.2) is 18.2 Å². The topological polar surface area (TPSA) is 27.6 Å². The van der Waals surface area contributed by atoms with Gasteiger partial charge in [0.2, 0.25) is 0 Å². The molecule has 0 radical (unpaired) electrons. The molecule has 0 saturated heterocycles. The summed E-state index contributed by atoms with van der Waals surface area (Å²) in [6.07, 6.45) is 5.57. The summed E-state index contributed by atoms with van der Waals surface area (Å²) in [6, 6.07) is 6.20. The normalized spacial score (nSPS) is 33.0. The standard InChI is InChI=1S/C15H19Cl2N.ClH/c16-13-6-5-11(7-14(13)17)15-10-3-1-9(2-4-10)12(15)8-18;/h5-7,9-10,12,15H,1-4,8,18H2;1H/t9?,10?,12-,15+;/m0./s1. The fourth-order valence-corrected chi connectivity index (χ4v) is 4.54. The summed E-state index contributed by atoms with van der Waals surface area (Å²) in [7, 11) is 0. The van der Waals surface area contributed by atoms with Crippen molar-refractivity contribution in [2.75, 3.05) is 6.54 Å². The fraction of sp³-hybridized carbons (Fsp3) is 0.600. The lowest BCUT2D eigenvalue weighted by atomic mass is 9.57. The molecule has 1 nitrogen and oxygen atoms in total. The fourth-order valence-electron chi connectivity index (χ4n) is 4.23. The Bertz CT molecular complexity index is 441. The number of hydrogen-bond acceptors (Lipinski definition) is 0. The first-order valence-electron chi connectivity index (χ1n) is 6.95. The number of rotatable bonds is 2. The Morgan fingerprint density at radius 1 is 1.00 bits per heavy atom. The molecule has 106 valence electrons. The molecule has 3 saturated carbocycles. The zero-order valence-corrected chi connectivity index (χ0v) is 13.2. The lowest BCUT2D eigenvalue weighted by molar-refractivity contribution is -0.387. The zero-order valence-electron chi connectivity index (χ0n) is 10.9. The second-order valence-corrected chi connectivity index (χ2v) is 6.64. The summed E-state index contributed by atoms with van der Waals surface area (Å²) < 4.78 is 0. The first kappa shape index (κ1) is 15.4. The van der Waals surface area contributed by atoms with E-state index >= 15 is 0 Å². The van der Waals surface area contributed by atoms with Crippen LogP contribution in [0.5, 0.6) is 0 Å². The molecule has 0 unspecified atom stereocenters. The molecule has 0 amide bonds. The minimum absolute atomic E-state index is 0. The van der Waals surface area contributed by atoms with E-state index in [1.807, 2.05) is 6.07 Å². The van der Waals surface area contributed by atoms with Crippen LogP contribution in [0, 0.1) is 17.8 Å². The van der Waals surface area contributed by atoms with E-state index in [0.29, 0.717) is 16.0 Å². The van der Waals surface area contributed by atoms with E-state index in [1.165, 1.54) is 31.2 Å². The van der Waals surface area contributed by atoms with Crippen LogP contribution in [0.3, 0.4) is 0 Å².